The van der Waals surface area contributed by atoms with E-state index in [2.05, 4.69) is 10.5 Å². The third-order valence-electron chi connectivity index (χ3n) is 2.09. The van der Waals surface area contributed by atoms with Gasteiger partial charge < -0.3 is 21.0 Å². The number of hydrogen-bond donors (Lipinski definition) is 3. The Morgan fingerprint density at radius 1 is 1.62 bits per heavy atom. The molecule has 1 atom stereocenters. The Bertz CT molecular complexity index is 396. The third-order valence-corrected chi connectivity index (χ3v) is 2.33. The Balaban J connectivity index is 2.91. The molecule has 0 radical (unpaired) electrons. The monoisotopic (exact) mass is 243 g/mol. The van der Waals surface area contributed by atoms with Crippen LogP contribution in [0.5, 0.6) is 5.75 Å². The zero-order chi connectivity index (χ0) is 12.1. The predicted molar refractivity (Wildman–Crippen MR) is 64.5 cm³/mol. The van der Waals surface area contributed by atoms with Crippen LogP contribution in [0.25, 0.3) is 0 Å². The Morgan fingerprint density at radius 3 is 2.88 bits per heavy atom. The number of ether oxygens (including phenoxy) is 1. The third kappa shape index (κ3) is 2.93. The number of rotatable bonds is 4. The van der Waals surface area contributed by atoms with Crippen LogP contribution in [0.1, 0.15) is 6.92 Å². The van der Waals surface area contributed by atoms with Gasteiger partial charge in [0.25, 0.3) is 0 Å². The van der Waals surface area contributed by atoms with E-state index in [0.29, 0.717) is 16.5 Å². The highest BCUT2D eigenvalue weighted by molar-refractivity contribution is 6.30. The van der Waals surface area contributed by atoms with E-state index in [4.69, 9.17) is 27.3 Å². The normalized spacial score (nSPS) is 13.3. The molecule has 0 bridgehead atoms. The second-order valence-electron chi connectivity index (χ2n) is 3.24. The Kier molecular flexibility index (Phi) is 4.25. The van der Waals surface area contributed by atoms with Crippen molar-refractivity contribution >= 4 is 23.1 Å². The van der Waals surface area contributed by atoms with Gasteiger partial charge in [-0.1, -0.05) is 16.8 Å². The number of halogens is 1. The zero-order valence-electron chi connectivity index (χ0n) is 9.07. The minimum atomic E-state index is -0.322. The number of methoxy groups -OCH3 is 1. The molecular formula is C10H14ClN3O2. The lowest BCUT2D eigenvalue weighted by atomic mass is 10.2. The highest BCUT2D eigenvalue weighted by atomic mass is 35.5. The lowest BCUT2D eigenvalue weighted by Crippen LogP contribution is -2.33. The number of nitrogens with one attached hydrogen (secondary N) is 1. The van der Waals surface area contributed by atoms with E-state index in [1.165, 1.54) is 0 Å². The molecule has 5 nitrogen and oxygen atoms in total. The molecule has 4 N–H and O–H groups in total. The minimum absolute atomic E-state index is 0.0852. The first-order valence-electron chi connectivity index (χ1n) is 4.66. The Hall–Kier alpha value is -1.62. The van der Waals surface area contributed by atoms with Crippen molar-refractivity contribution in [3.63, 3.8) is 0 Å². The van der Waals surface area contributed by atoms with E-state index >= 15 is 0 Å². The van der Waals surface area contributed by atoms with Crippen molar-refractivity contribution in [3.8, 4) is 5.75 Å². The smallest absolute Gasteiger partial charge is 0.161 e. The van der Waals surface area contributed by atoms with Crippen LogP contribution in [0.4, 0.5) is 5.69 Å². The van der Waals surface area contributed by atoms with E-state index in [0.717, 1.165) is 0 Å². The van der Waals surface area contributed by atoms with Crippen LogP contribution < -0.4 is 15.8 Å². The standard InChI is InChI=1S/C10H14ClN3O2/c1-6(10(12)14-15)13-8-5-7(11)3-4-9(8)16-2/h3-6,13,15H,1-2H3,(H2,12,14). The van der Waals surface area contributed by atoms with Gasteiger partial charge in [0.1, 0.15) is 5.75 Å². The van der Waals surface area contributed by atoms with Gasteiger partial charge in [-0.3, -0.25) is 0 Å². The van der Waals surface area contributed by atoms with E-state index < -0.39 is 0 Å². The minimum Gasteiger partial charge on any atom is -0.495 e. The van der Waals surface area contributed by atoms with Gasteiger partial charge in [-0.15, -0.1) is 0 Å². The fourth-order valence-corrected chi connectivity index (χ4v) is 1.36. The zero-order valence-corrected chi connectivity index (χ0v) is 9.82. The number of nitrogens with two attached hydrogens (primary N) is 1. The molecule has 0 fully saturated rings. The number of nitrogens with zero attached hydrogens (tertiary/aromatic N) is 1. The lowest BCUT2D eigenvalue weighted by Gasteiger charge is -2.16. The van der Waals surface area contributed by atoms with Crippen LogP contribution in [0.3, 0.4) is 0 Å². The molecule has 0 saturated heterocycles. The summed E-state index contributed by atoms with van der Waals surface area (Å²) in [5.74, 6) is 0.726. The van der Waals surface area contributed by atoms with Crippen LogP contribution in [-0.2, 0) is 0 Å². The maximum Gasteiger partial charge on any atom is 0.161 e. The summed E-state index contributed by atoms with van der Waals surface area (Å²) in [6.45, 7) is 1.76. The molecule has 0 amide bonds. The fraction of sp³-hybridized carbons (Fsp3) is 0.300. The highest BCUT2D eigenvalue weighted by Crippen LogP contribution is 2.28. The van der Waals surface area contributed by atoms with Crippen LogP contribution in [0, 0.1) is 0 Å². The van der Waals surface area contributed by atoms with E-state index in [9.17, 15) is 0 Å². The van der Waals surface area contributed by atoms with Gasteiger partial charge in [-0.25, -0.2) is 0 Å². The molecule has 1 rings (SSSR count). The van der Waals surface area contributed by atoms with Gasteiger partial charge in [0.2, 0.25) is 0 Å². The molecule has 0 spiro atoms. The molecule has 1 aromatic carbocycles. The van der Waals surface area contributed by atoms with Gasteiger partial charge >= 0.3 is 0 Å². The number of oxime groups is 1. The topological polar surface area (TPSA) is 79.9 Å². The summed E-state index contributed by atoms with van der Waals surface area (Å²) in [6.07, 6.45) is 0. The Labute approximate surface area is 98.8 Å². The van der Waals surface area contributed by atoms with Gasteiger partial charge in [-0.05, 0) is 25.1 Å². The molecule has 1 aromatic rings. The van der Waals surface area contributed by atoms with Crippen LogP contribution in [-0.4, -0.2) is 24.2 Å². The molecule has 0 heterocycles. The van der Waals surface area contributed by atoms with Gasteiger partial charge in [0.15, 0.2) is 5.84 Å². The molecule has 0 saturated carbocycles. The maximum atomic E-state index is 8.53. The number of anilines is 1. The number of benzene rings is 1. The number of amidine groups is 1. The SMILES string of the molecule is COc1ccc(Cl)cc1NC(C)C(N)=NO. The summed E-state index contributed by atoms with van der Waals surface area (Å²) < 4.78 is 5.15. The lowest BCUT2D eigenvalue weighted by molar-refractivity contribution is 0.316. The molecule has 1 unspecified atom stereocenters. The van der Waals surface area contributed by atoms with Crippen LogP contribution >= 0.6 is 11.6 Å². The summed E-state index contributed by atoms with van der Waals surface area (Å²) in [6, 6.07) is 4.85. The molecule has 16 heavy (non-hydrogen) atoms. The highest BCUT2D eigenvalue weighted by Gasteiger charge is 2.10. The summed E-state index contributed by atoms with van der Waals surface area (Å²) in [4.78, 5) is 0. The first kappa shape index (κ1) is 12.4. The van der Waals surface area contributed by atoms with Gasteiger partial charge in [0, 0.05) is 5.02 Å². The van der Waals surface area contributed by atoms with Crippen molar-refractivity contribution < 1.29 is 9.94 Å². The predicted octanol–water partition coefficient (Wildman–Crippen LogP) is 1.90. The quantitative estimate of drug-likeness (QED) is 0.327. The first-order chi connectivity index (χ1) is 7.58. The van der Waals surface area contributed by atoms with Crippen LogP contribution in [0.2, 0.25) is 5.02 Å². The molecule has 6 heteroatoms. The van der Waals surface area contributed by atoms with E-state index in [1.807, 2.05) is 0 Å². The molecule has 0 aromatic heterocycles. The van der Waals surface area contributed by atoms with Crippen molar-refractivity contribution in [2.45, 2.75) is 13.0 Å². The van der Waals surface area contributed by atoms with Crippen molar-refractivity contribution in [3.05, 3.63) is 23.2 Å². The van der Waals surface area contributed by atoms with E-state index in [1.54, 1.807) is 32.2 Å². The first-order valence-corrected chi connectivity index (χ1v) is 5.03. The maximum absolute atomic E-state index is 8.53. The van der Waals surface area contributed by atoms with Crippen LogP contribution in [0.15, 0.2) is 23.4 Å². The molecular weight excluding hydrogens is 230 g/mol. The average Bonchev–Trinajstić information content (AvgIpc) is 2.28. The van der Waals surface area contributed by atoms with E-state index in [-0.39, 0.29) is 11.9 Å². The van der Waals surface area contributed by atoms with Gasteiger partial charge in [0.05, 0.1) is 18.8 Å². The Morgan fingerprint density at radius 2 is 2.31 bits per heavy atom. The fourth-order valence-electron chi connectivity index (χ4n) is 1.19. The van der Waals surface area contributed by atoms with Gasteiger partial charge in [-0.2, -0.15) is 0 Å². The van der Waals surface area contributed by atoms with Crippen molar-refractivity contribution in [1.82, 2.24) is 0 Å². The average molecular weight is 244 g/mol. The number of hydrogen-bond acceptors (Lipinski definition) is 4. The molecule has 0 aliphatic rings. The molecule has 88 valence electrons. The second kappa shape index (κ2) is 5.46. The van der Waals surface area contributed by atoms with Crippen molar-refractivity contribution in [1.29, 1.82) is 0 Å². The summed E-state index contributed by atoms with van der Waals surface area (Å²) >= 11 is 5.86. The molecule has 0 aliphatic carbocycles. The summed E-state index contributed by atoms with van der Waals surface area (Å²) in [7, 11) is 1.56. The second-order valence-corrected chi connectivity index (χ2v) is 3.67. The molecule has 0 aliphatic heterocycles. The summed E-state index contributed by atoms with van der Waals surface area (Å²) in [5, 5.41) is 15.1. The van der Waals surface area contributed by atoms with Crippen molar-refractivity contribution in [2.75, 3.05) is 12.4 Å². The van der Waals surface area contributed by atoms with Crippen molar-refractivity contribution in [2.24, 2.45) is 10.9 Å². The largest absolute Gasteiger partial charge is 0.495 e. The summed E-state index contributed by atoms with van der Waals surface area (Å²) in [5.41, 5.74) is 6.15.